The molecule has 2 aromatic carbocycles. The minimum Gasteiger partial charge on any atom is -0.490 e. The minimum absolute atomic E-state index is 0.0110. The third-order valence-corrected chi connectivity index (χ3v) is 5.95. The predicted molar refractivity (Wildman–Crippen MR) is 122 cm³/mol. The number of ether oxygens (including phenoxy) is 2. The Balaban J connectivity index is 1.60. The number of carboxylic acids is 1. The largest absolute Gasteiger partial charge is 0.490 e. The molecule has 166 valence electrons. The van der Waals surface area contributed by atoms with Crippen LogP contribution in [0.4, 0.5) is 5.69 Å². The molecular formula is C25H27N3O4. The van der Waals surface area contributed by atoms with Gasteiger partial charge in [0.05, 0.1) is 29.3 Å². The van der Waals surface area contributed by atoms with Crippen molar-refractivity contribution in [3.05, 3.63) is 52.7 Å². The standard InChI is InChI=1S/C25H27N3O4/c1-14(2)32-21-6-4-16(10-18(21)12-26)13-31-20-7-5-19-23(15(20)3)24(27)25-17(11-22(29)30)8-9-28(19)25/h4-7,10,14,17H,8-9,11,13,27H2,1-3H3,(H,29,30). The summed E-state index contributed by atoms with van der Waals surface area (Å²) in [7, 11) is 0. The Labute approximate surface area is 187 Å². The summed E-state index contributed by atoms with van der Waals surface area (Å²) < 4.78 is 13.9. The van der Waals surface area contributed by atoms with Crippen LogP contribution in [0.5, 0.6) is 11.5 Å². The van der Waals surface area contributed by atoms with Crippen LogP contribution in [0.3, 0.4) is 0 Å². The number of carbonyl (C=O) groups is 1. The molecule has 0 fully saturated rings. The van der Waals surface area contributed by atoms with E-state index in [0.717, 1.165) is 40.7 Å². The summed E-state index contributed by atoms with van der Waals surface area (Å²) >= 11 is 0. The Morgan fingerprint density at radius 3 is 2.75 bits per heavy atom. The third-order valence-electron chi connectivity index (χ3n) is 5.95. The number of nitrogen functional groups attached to an aromatic ring is 1. The summed E-state index contributed by atoms with van der Waals surface area (Å²) in [5, 5.41) is 19.6. The molecule has 0 amide bonds. The van der Waals surface area contributed by atoms with Crippen molar-refractivity contribution in [2.24, 2.45) is 0 Å². The molecule has 32 heavy (non-hydrogen) atoms. The molecular weight excluding hydrogens is 406 g/mol. The van der Waals surface area contributed by atoms with Crippen LogP contribution in [0.1, 0.15) is 55.0 Å². The number of carboxylic acid groups (broad SMARTS) is 1. The van der Waals surface area contributed by atoms with Gasteiger partial charge in [0.15, 0.2) is 0 Å². The Kier molecular flexibility index (Phi) is 5.70. The number of anilines is 1. The van der Waals surface area contributed by atoms with Crippen molar-refractivity contribution in [2.75, 3.05) is 5.73 Å². The number of hydrogen-bond acceptors (Lipinski definition) is 5. The highest BCUT2D eigenvalue weighted by molar-refractivity contribution is 5.98. The number of fused-ring (bicyclic) bond motifs is 3. The topological polar surface area (TPSA) is 110 Å². The van der Waals surface area contributed by atoms with Gasteiger partial charge in [-0.2, -0.15) is 5.26 Å². The first-order chi connectivity index (χ1) is 15.3. The molecule has 1 aliphatic heterocycles. The lowest BCUT2D eigenvalue weighted by atomic mass is 9.98. The van der Waals surface area contributed by atoms with E-state index in [-0.39, 0.29) is 18.4 Å². The smallest absolute Gasteiger partial charge is 0.304 e. The molecule has 1 atom stereocenters. The number of nitrogens with two attached hydrogens (primary N) is 1. The zero-order valence-corrected chi connectivity index (χ0v) is 18.5. The zero-order chi connectivity index (χ0) is 23.0. The van der Waals surface area contributed by atoms with Crippen LogP contribution in [-0.2, 0) is 17.9 Å². The summed E-state index contributed by atoms with van der Waals surface area (Å²) in [4.78, 5) is 11.3. The summed E-state index contributed by atoms with van der Waals surface area (Å²) in [6.07, 6.45) is 0.862. The van der Waals surface area contributed by atoms with Crippen molar-refractivity contribution in [1.29, 1.82) is 5.26 Å². The molecule has 1 aromatic heterocycles. The van der Waals surface area contributed by atoms with E-state index in [9.17, 15) is 15.2 Å². The number of rotatable bonds is 7. The fourth-order valence-electron chi connectivity index (χ4n) is 4.59. The average Bonchev–Trinajstić information content (AvgIpc) is 3.27. The molecule has 2 heterocycles. The molecule has 0 saturated carbocycles. The molecule has 7 heteroatoms. The molecule has 0 radical (unpaired) electrons. The van der Waals surface area contributed by atoms with E-state index in [2.05, 4.69) is 10.6 Å². The van der Waals surface area contributed by atoms with Gasteiger partial charge in [-0.15, -0.1) is 0 Å². The maximum absolute atomic E-state index is 11.3. The van der Waals surface area contributed by atoms with Gasteiger partial charge in [0.2, 0.25) is 0 Å². The van der Waals surface area contributed by atoms with Gasteiger partial charge in [-0.05, 0) is 57.0 Å². The third kappa shape index (κ3) is 3.84. The maximum Gasteiger partial charge on any atom is 0.304 e. The van der Waals surface area contributed by atoms with Crippen molar-refractivity contribution in [2.45, 2.75) is 58.8 Å². The molecule has 3 N–H and O–H groups in total. The number of aryl methyl sites for hydroxylation is 2. The SMILES string of the molecule is Cc1c(OCc2ccc(OC(C)C)c(C#N)c2)ccc2c1c(N)c1n2CCC1CC(=O)O. The second-order valence-corrected chi connectivity index (χ2v) is 8.51. The molecule has 0 saturated heterocycles. The van der Waals surface area contributed by atoms with Crippen LogP contribution in [0.15, 0.2) is 30.3 Å². The number of nitrogens with zero attached hydrogens (tertiary/aromatic N) is 2. The van der Waals surface area contributed by atoms with Crippen molar-refractivity contribution >= 4 is 22.6 Å². The second-order valence-electron chi connectivity index (χ2n) is 8.51. The minimum atomic E-state index is -0.810. The van der Waals surface area contributed by atoms with Crippen LogP contribution < -0.4 is 15.2 Å². The number of benzene rings is 2. The van der Waals surface area contributed by atoms with Crippen LogP contribution in [0.2, 0.25) is 0 Å². The number of nitriles is 1. The Morgan fingerprint density at radius 2 is 2.06 bits per heavy atom. The fraction of sp³-hybridized carbons (Fsp3) is 0.360. The maximum atomic E-state index is 11.3. The summed E-state index contributed by atoms with van der Waals surface area (Å²) in [5.74, 6) is 0.398. The lowest BCUT2D eigenvalue weighted by Gasteiger charge is -2.14. The van der Waals surface area contributed by atoms with Gasteiger partial charge in [0.25, 0.3) is 0 Å². The van der Waals surface area contributed by atoms with Crippen molar-refractivity contribution in [3.63, 3.8) is 0 Å². The summed E-state index contributed by atoms with van der Waals surface area (Å²) in [6.45, 7) is 6.88. The fourth-order valence-corrected chi connectivity index (χ4v) is 4.59. The number of aliphatic carboxylic acids is 1. The highest BCUT2D eigenvalue weighted by Crippen LogP contribution is 2.44. The highest BCUT2D eigenvalue weighted by Gasteiger charge is 2.31. The molecule has 1 aliphatic rings. The monoisotopic (exact) mass is 433 g/mol. The van der Waals surface area contributed by atoms with Crippen LogP contribution in [-0.4, -0.2) is 21.7 Å². The lowest BCUT2D eigenvalue weighted by molar-refractivity contribution is -0.137. The Morgan fingerprint density at radius 1 is 1.31 bits per heavy atom. The molecule has 0 aliphatic carbocycles. The van der Waals surface area contributed by atoms with Crippen LogP contribution in [0, 0.1) is 18.3 Å². The number of hydrogen-bond donors (Lipinski definition) is 2. The molecule has 7 nitrogen and oxygen atoms in total. The van der Waals surface area contributed by atoms with Gasteiger partial charge >= 0.3 is 5.97 Å². The van der Waals surface area contributed by atoms with Gasteiger partial charge in [0, 0.05) is 29.1 Å². The average molecular weight is 434 g/mol. The van der Waals surface area contributed by atoms with Crippen molar-refractivity contribution < 1.29 is 19.4 Å². The van der Waals surface area contributed by atoms with Gasteiger partial charge in [-0.3, -0.25) is 4.79 Å². The van der Waals surface area contributed by atoms with E-state index in [1.54, 1.807) is 12.1 Å². The first-order valence-corrected chi connectivity index (χ1v) is 10.8. The van der Waals surface area contributed by atoms with E-state index >= 15 is 0 Å². The quantitative estimate of drug-likeness (QED) is 0.557. The lowest BCUT2D eigenvalue weighted by Crippen LogP contribution is -2.07. The molecule has 0 spiro atoms. The van der Waals surface area contributed by atoms with Gasteiger partial charge < -0.3 is 24.9 Å². The van der Waals surface area contributed by atoms with E-state index in [4.69, 9.17) is 15.2 Å². The normalized spacial score (nSPS) is 15.0. The summed E-state index contributed by atoms with van der Waals surface area (Å²) in [5.41, 5.74) is 11.4. The first kappa shape index (κ1) is 21.6. The molecule has 1 unspecified atom stereocenters. The predicted octanol–water partition coefficient (Wildman–Crippen LogP) is 4.73. The van der Waals surface area contributed by atoms with Gasteiger partial charge in [-0.25, -0.2) is 0 Å². The van der Waals surface area contributed by atoms with Gasteiger partial charge in [0.1, 0.15) is 24.2 Å². The van der Waals surface area contributed by atoms with E-state index in [0.29, 0.717) is 29.4 Å². The number of aromatic nitrogens is 1. The molecule has 3 aromatic rings. The van der Waals surface area contributed by atoms with E-state index in [1.807, 2.05) is 39.0 Å². The zero-order valence-electron chi connectivity index (χ0n) is 18.5. The Hall–Kier alpha value is -3.66. The Bertz CT molecular complexity index is 1240. The van der Waals surface area contributed by atoms with Crippen LogP contribution in [0.25, 0.3) is 10.9 Å². The van der Waals surface area contributed by atoms with Crippen molar-refractivity contribution in [3.8, 4) is 17.6 Å². The van der Waals surface area contributed by atoms with Crippen molar-refractivity contribution in [1.82, 2.24) is 4.57 Å². The van der Waals surface area contributed by atoms with E-state index in [1.165, 1.54) is 0 Å². The van der Waals surface area contributed by atoms with E-state index < -0.39 is 5.97 Å². The van der Waals surface area contributed by atoms with Gasteiger partial charge in [-0.1, -0.05) is 6.07 Å². The molecule has 0 bridgehead atoms. The highest BCUT2D eigenvalue weighted by atomic mass is 16.5. The second kappa shape index (κ2) is 8.46. The van der Waals surface area contributed by atoms with Crippen LogP contribution >= 0.6 is 0 Å². The summed E-state index contributed by atoms with van der Waals surface area (Å²) in [6, 6.07) is 11.6. The first-order valence-electron chi connectivity index (χ1n) is 10.8. The molecule has 4 rings (SSSR count).